The Balaban J connectivity index is 2.07. The maximum Gasteiger partial charge on any atom is 0.131 e. The van der Waals surface area contributed by atoms with Crippen LogP contribution in [0.25, 0.3) is 27.9 Å². The summed E-state index contributed by atoms with van der Waals surface area (Å²) < 4.78 is 14.9. The first-order valence-corrected chi connectivity index (χ1v) is 7.45. The molecule has 3 nitrogen and oxygen atoms in total. The van der Waals surface area contributed by atoms with Gasteiger partial charge in [-0.15, -0.1) is 0 Å². The lowest BCUT2D eigenvalue weighted by Gasteiger charge is -2.03. The summed E-state index contributed by atoms with van der Waals surface area (Å²) in [6.45, 7) is 0. The average Bonchev–Trinajstić information content (AvgIpc) is 2.97. The van der Waals surface area contributed by atoms with E-state index in [1.165, 1.54) is 12.1 Å². The van der Waals surface area contributed by atoms with Crippen LogP contribution in [0.4, 0.5) is 4.39 Å². The molecule has 1 aromatic carbocycles. The van der Waals surface area contributed by atoms with Crippen LogP contribution in [-0.4, -0.2) is 14.6 Å². The van der Waals surface area contributed by atoms with Crippen molar-refractivity contribution in [2.75, 3.05) is 0 Å². The van der Waals surface area contributed by atoms with Crippen LogP contribution >= 0.6 is 11.6 Å². The largest absolute Gasteiger partial charge is 0.265 e. The minimum atomic E-state index is -0.277. The van der Waals surface area contributed by atoms with Crippen LogP contribution < -0.4 is 0 Å². The molecule has 4 rings (SSSR count). The molecule has 5 heteroatoms. The highest BCUT2D eigenvalue weighted by Gasteiger charge is 2.17. The highest BCUT2D eigenvalue weighted by Crippen LogP contribution is 2.35. The van der Waals surface area contributed by atoms with E-state index in [1.807, 2.05) is 24.3 Å². The van der Waals surface area contributed by atoms with Crippen molar-refractivity contribution in [3.8, 4) is 22.4 Å². The summed E-state index contributed by atoms with van der Waals surface area (Å²) in [7, 11) is 0. The van der Waals surface area contributed by atoms with E-state index < -0.39 is 0 Å². The Morgan fingerprint density at radius 2 is 1.61 bits per heavy atom. The molecule has 0 atom stereocenters. The Morgan fingerprint density at radius 3 is 2.35 bits per heavy atom. The zero-order chi connectivity index (χ0) is 15.8. The maximum absolute atomic E-state index is 13.2. The van der Waals surface area contributed by atoms with Crippen LogP contribution in [0.1, 0.15) is 0 Å². The molecule has 0 amide bonds. The van der Waals surface area contributed by atoms with Gasteiger partial charge in [0.2, 0.25) is 0 Å². The first-order chi connectivity index (χ1) is 11.2. The molecule has 3 aromatic heterocycles. The molecular weight excluding hydrogens is 313 g/mol. The number of hydrogen-bond donors (Lipinski definition) is 0. The molecule has 0 saturated heterocycles. The van der Waals surface area contributed by atoms with Gasteiger partial charge in [-0.05, 0) is 54.1 Å². The molecule has 3 heterocycles. The van der Waals surface area contributed by atoms with E-state index in [0.717, 1.165) is 27.9 Å². The van der Waals surface area contributed by atoms with Gasteiger partial charge in [0.25, 0.3) is 0 Å². The van der Waals surface area contributed by atoms with E-state index in [1.54, 1.807) is 35.1 Å². The fraction of sp³-hybridized carbons (Fsp3) is 0. The first-order valence-electron chi connectivity index (χ1n) is 7.07. The van der Waals surface area contributed by atoms with E-state index in [0.29, 0.717) is 5.15 Å². The SMILES string of the molecule is Fc1ccc(-c2nn3c(Cl)cccc3c2-c2ccncc2)cc1. The second kappa shape index (κ2) is 5.48. The van der Waals surface area contributed by atoms with Gasteiger partial charge in [0.1, 0.15) is 16.7 Å². The summed E-state index contributed by atoms with van der Waals surface area (Å²) in [5.74, 6) is -0.277. The normalized spacial score (nSPS) is 11.0. The van der Waals surface area contributed by atoms with E-state index in [9.17, 15) is 4.39 Å². The number of rotatable bonds is 2. The lowest BCUT2D eigenvalue weighted by atomic mass is 10.0. The molecule has 0 fully saturated rings. The Bertz CT molecular complexity index is 979. The van der Waals surface area contributed by atoms with Crippen LogP contribution in [0.15, 0.2) is 67.0 Å². The molecule has 0 radical (unpaired) electrons. The fourth-order valence-corrected chi connectivity index (χ4v) is 2.85. The minimum Gasteiger partial charge on any atom is -0.265 e. The van der Waals surface area contributed by atoms with E-state index in [2.05, 4.69) is 10.1 Å². The second-order valence-corrected chi connectivity index (χ2v) is 5.50. The van der Waals surface area contributed by atoms with Crippen LogP contribution in [0.2, 0.25) is 5.15 Å². The molecule has 0 saturated carbocycles. The van der Waals surface area contributed by atoms with Crippen LogP contribution in [0, 0.1) is 5.82 Å². The highest BCUT2D eigenvalue weighted by atomic mass is 35.5. The number of nitrogens with zero attached hydrogens (tertiary/aromatic N) is 3. The van der Waals surface area contributed by atoms with Gasteiger partial charge in [-0.2, -0.15) is 5.10 Å². The quantitative estimate of drug-likeness (QED) is 0.493. The minimum absolute atomic E-state index is 0.277. The number of halogens is 2. The third-order valence-corrected chi connectivity index (χ3v) is 3.98. The Labute approximate surface area is 137 Å². The summed E-state index contributed by atoms with van der Waals surface area (Å²) in [5.41, 5.74) is 4.41. The molecule has 0 aliphatic carbocycles. The molecule has 0 aliphatic heterocycles. The number of fused-ring (bicyclic) bond motifs is 1. The predicted octanol–water partition coefficient (Wildman–Crippen LogP) is 4.86. The van der Waals surface area contributed by atoms with Crippen molar-refractivity contribution >= 4 is 17.1 Å². The van der Waals surface area contributed by atoms with Crippen molar-refractivity contribution in [3.05, 3.63) is 78.0 Å². The summed E-state index contributed by atoms with van der Waals surface area (Å²) in [5, 5.41) is 5.15. The Morgan fingerprint density at radius 1 is 0.870 bits per heavy atom. The highest BCUT2D eigenvalue weighted by molar-refractivity contribution is 6.29. The maximum atomic E-state index is 13.2. The van der Waals surface area contributed by atoms with Crippen LogP contribution in [0.5, 0.6) is 0 Å². The van der Waals surface area contributed by atoms with Gasteiger partial charge < -0.3 is 0 Å². The van der Waals surface area contributed by atoms with Gasteiger partial charge in [-0.3, -0.25) is 4.98 Å². The number of benzene rings is 1. The van der Waals surface area contributed by atoms with Crippen LogP contribution in [0.3, 0.4) is 0 Å². The summed E-state index contributed by atoms with van der Waals surface area (Å²) in [6.07, 6.45) is 3.47. The number of pyridine rings is 2. The van der Waals surface area contributed by atoms with Crippen molar-refractivity contribution in [1.29, 1.82) is 0 Å². The second-order valence-electron chi connectivity index (χ2n) is 5.11. The molecule has 0 N–H and O–H groups in total. The summed E-state index contributed by atoms with van der Waals surface area (Å²) in [4.78, 5) is 4.06. The van der Waals surface area contributed by atoms with Crippen LogP contribution in [-0.2, 0) is 0 Å². The van der Waals surface area contributed by atoms with Gasteiger partial charge in [-0.25, -0.2) is 8.91 Å². The van der Waals surface area contributed by atoms with E-state index in [-0.39, 0.29) is 5.82 Å². The lowest BCUT2D eigenvalue weighted by molar-refractivity contribution is 0.628. The zero-order valence-electron chi connectivity index (χ0n) is 11.9. The van der Waals surface area contributed by atoms with Gasteiger partial charge in [0.05, 0.1) is 5.52 Å². The molecule has 23 heavy (non-hydrogen) atoms. The van der Waals surface area contributed by atoms with E-state index in [4.69, 9.17) is 11.6 Å². The van der Waals surface area contributed by atoms with Crippen molar-refractivity contribution in [3.63, 3.8) is 0 Å². The Hall–Kier alpha value is -2.72. The molecule has 0 unspecified atom stereocenters. The lowest BCUT2D eigenvalue weighted by Crippen LogP contribution is -1.88. The average molecular weight is 324 g/mol. The third-order valence-electron chi connectivity index (χ3n) is 3.70. The topological polar surface area (TPSA) is 30.2 Å². The predicted molar refractivity (Wildman–Crippen MR) is 88.8 cm³/mol. The molecule has 4 aromatic rings. The van der Waals surface area contributed by atoms with Gasteiger partial charge in [0, 0.05) is 23.5 Å². The first kappa shape index (κ1) is 13.9. The zero-order valence-corrected chi connectivity index (χ0v) is 12.7. The molecule has 0 bridgehead atoms. The number of hydrogen-bond acceptors (Lipinski definition) is 2. The van der Waals surface area contributed by atoms with Crippen molar-refractivity contribution in [1.82, 2.24) is 14.6 Å². The molecule has 0 spiro atoms. The van der Waals surface area contributed by atoms with Gasteiger partial charge >= 0.3 is 0 Å². The summed E-state index contributed by atoms with van der Waals surface area (Å²) >= 11 is 6.27. The monoisotopic (exact) mass is 323 g/mol. The Kier molecular flexibility index (Phi) is 3.32. The fourth-order valence-electron chi connectivity index (χ4n) is 2.65. The summed E-state index contributed by atoms with van der Waals surface area (Å²) in [6, 6.07) is 15.8. The number of aromatic nitrogens is 3. The third kappa shape index (κ3) is 2.37. The van der Waals surface area contributed by atoms with E-state index >= 15 is 0 Å². The van der Waals surface area contributed by atoms with Crippen molar-refractivity contribution in [2.45, 2.75) is 0 Å². The molecule has 112 valence electrons. The standard InChI is InChI=1S/C18H11ClFN3/c19-16-3-1-2-15-17(12-8-10-21-11-9-12)18(22-23(15)16)13-4-6-14(20)7-5-13/h1-11H. The molecular formula is C18H11ClFN3. The van der Waals surface area contributed by atoms with Crippen molar-refractivity contribution < 1.29 is 4.39 Å². The van der Waals surface area contributed by atoms with Gasteiger partial charge in [0.15, 0.2) is 0 Å². The van der Waals surface area contributed by atoms with Crippen molar-refractivity contribution in [2.24, 2.45) is 0 Å². The van der Waals surface area contributed by atoms with Gasteiger partial charge in [-0.1, -0.05) is 17.7 Å². The molecule has 0 aliphatic rings. The smallest absolute Gasteiger partial charge is 0.131 e.